The molecule has 0 N–H and O–H groups in total. The van der Waals surface area contributed by atoms with Crippen molar-refractivity contribution in [1.82, 2.24) is 18.3 Å². The number of para-hydroxylation sites is 8. The van der Waals surface area contributed by atoms with Crippen molar-refractivity contribution in [2.75, 3.05) is 0 Å². The topological polar surface area (TPSA) is 61.0 Å². The number of nitriles is 1. The monoisotopic (exact) mass is 878 g/mol. The largest absolute Gasteiger partial charge is 0.456 e. The third kappa shape index (κ3) is 4.87. The molecule has 15 rings (SSSR count). The lowest BCUT2D eigenvalue weighted by Crippen LogP contribution is -2.14. The van der Waals surface area contributed by atoms with Gasteiger partial charge in [-0.3, -0.25) is 0 Å². The van der Waals surface area contributed by atoms with Gasteiger partial charge in [0.1, 0.15) is 17.2 Å². The fourth-order valence-electron chi connectivity index (χ4n) is 11.7. The molecule has 0 atom stereocenters. The molecule has 0 aliphatic rings. The lowest BCUT2D eigenvalue weighted by Gasteiger charge is -2.27. The van der Waals surface area contributed by atoms with E-state index >= 15 is 0 Å². The van der Waals surface area contributed by atoms with Crippen LogP contribution in [0.1, 0.15) is 5.56 Å². The third-order valence-electron chi connectivity index (χ3n) is 14.4. The molecule has 10 aromatic carbocycles. The summed E-state index contributed by atoms with van der Waals surface area (Å²) in [6.07, 6.45) is 0. The van der Waals surface area contributed by atoms with E-state index < -0.39 is 0 Å². The quantitative estimate of drug-likeness (QED) is 0.165. The molecule has 69 heavy (non-hydrogen) atoms. The van der Waals surface area contributed by atoms with Gasteiger partial charge < -0.3 is 22.7 Å². The fraction of sp³-hybridized carbons (Fsp3) is 0. The van der Waals surface area contributed by atoms with E-state index in [1.165, 1.54) is 0 Å². The smallest absolute Gasteiger partial charge is 0.237 e. The number of rotatable bonds is 4. The number of nitrogens with zero attached hydrogens (tertiary/aromatic N) is 6. The minimum Gasteiger partial charge on any atom is -0.456 e. The standard InChI is InChI=1S/C62H34N6O/c1-64-58-59(65-48-26-10-2-18-37(48)38-19-3-11-27-49(38)65)47(36-63)60(68-54-32-16-8-24-43(54)45-35-57-46(34-55(45)68)44-25-9-17-33-56(44)69-57)62(67-52-30-14-6-22-41(52)42-23-7-15-31-53(42)67)61(58)66-50-28-12-4-20-39(50)40-21-5-13-29-51(40)66/h2-35H. The first-order chi connectivity index (χ1) is 34.2. The van der Waals surface area contributed by atoms with Crippen LogP contribution in [0.5, 0.6) is 0 Å². The summed E-state index contributed by atoms with van der Waals surface area (Å²) in [6.45, 7) is 9.60. The summed E-state index contributed by atoms with van der Waals surface area (Å²) in [6, 6.07) is 74.4. The maximum atomic E-state index is 12.4. The number of fused-ring (bicyclic) bond motifs is 15. The van der Waals surface area contributed by atoms with Crippen LogP contribution >= 0.6 is 0 Å². The minimum absolute atomic E-state index is 0.356. The number of aromatic nitrogens is 4. The van der Waals surface area contributed by atoms with Crippen LogP contribution in [0, 0.1) is 17.9 Å². The molecular weight excluding hydrogens is 845 g/mol. The highest BCUT2D eigenvalue weighted by molar-refractivity contribution is 6.19. The maximum Gasteiger partial charge on any atom is 0.237 e. The van der Waals surface area contributed by atoms with Crippen molar-refractivity contribution in [3.8, 4) is 28.8 Å². The lowest BCUT2D eigenvalue weighted by atomic mass is 10.0. The average Bonchev–Trinajstić information content (AvgIpc) is 4.20. The Bertz CT molecular complexity index is 4660. The van der Waals surface area contributed by atoms with E-state index in [2.05, 4.69) is 205 Å². The Hall–Kier alpha value is -9.82. The summed E-state index contributed by atoms with van der Waals surface area (Å²) >= 11 is 0. The van der Waals surface area contributed by atoms with Crippen LogP contribution in [-0.2, 0) is 0 Å². The van der Waals surface area contributed by atoms with Gasteiger partial charge in [0.15, 0.2) is 0 Å². The second kappa shape index (κ2) is 13.9. The van der Waals surface area contributed by atoms with Gasteiger partial charge in [-0.2, -0.15) is 5.26 Å². The van der Waals surface area contributed by atoms with Crippen LogP contribution in [-0.4, -0.2) is 18.3 Å². The first-order valence-electron chi connectivity index (χ1n) is 23.0. The first kappa shape index (κ1) is 37.4. The Morgan fingerprint density at radius 3 is 1.10 bits per heavy atom. The van der Waals surface area contributed by atoms with Gasteiger partial charge in [0.05, 0.1) is 79.0 Å². The van der Waals surface area contributed by atoms with Gasteiger partial charge in [0, 0.05) is 53.9 Å². The summed E-state index contributed by atoms with van der Waals surface area (Å²) in [5, 5.41) is 22.7. The van der Waals surface area contributed by atoms with E-state index in [9.17, 15) is 11.8 Å². The molecule has 0 saturated heterocycles. The SMILES string of the molecule is [C-]#[N+]c1c(-n2c3ccccc3c3ccccc32)c(C#N)c(-n2c3ccccc3c3cc4oc5ccccc5c4cc32)c(-n2c3ccccc3c3ccccc32)c1-n1c2ccccc2c2ccccc21. The molecule has 7 nitrogen and oxygen atoms in total. The van der Waals surface area contributed by atoms with Crippen LogP contribution in [0.4, 0.5) is 5.69 Å². The van der Waals surface area contributed by atoms with Crippen molar-refractivity contribution in [2.24, 2.45) is 0 Å². The summed E-state index contributed by atoms with van der Waals surface area (Å²) in [4.78, 5) is 4.69. The molecule has 0 fully saturated rings. The van der Waals surface area contributed by atoms with E-state index in [1.54, 1.807) is 0 Å². The third-order valence-corrected chi connectivity index (χ3v) is 14.4. The Labute approximate surface area is 393 Å². The first-order valence-corrected chi connectivity index (χ1v) is 23.0. The number of benzene rings is 10. The number of hydrogen-bond acceptors (Lipinski definition) is 2. The van der Waals surface area contributed by atoms with Crippen molar-refractivity contribution in [1.29, 1.82) is 5.26 Å². The highest BCUT2D eigenvalue weighted by atomic mass is 16.3. The van der Waals surface area contributed by atoms with Gasteiger partial charge >= 0.3 is 0 Å². The van der Waals surface area contributed by atoms with E-state index in [4.69, 9.17) is 4.42 Å². The molecule has 15 aromatic rings. The molecule has 0 amide bonds. The molecule has 0 unspecified atom stereocenters. The highest BCUT2D eigenvalue weighted by Gasteiger charge is 2.34. The van der Waals surface area contributed by atoms with E-state index in [-0.39, 0.29) is 0 Å². The number of hydrogen-bond donors (Lipinski definition) is 0. The van der Waals surface area contributed by atoms with Crippen molar-refractivity contribution in [3.05, 3.63) is 223 Å². The van der Waals surface area contributed by atoms with Crippen LogP contribution in [0.3, 0.4) is 0 Å². The molecule has 7 heteroatoms. The highest BCUT2D eigenvalue weighted by Crippen LogP contribution is 2.52. The number of furan rings is 1. The molecule has 318 valence electrons. The summed E-state index contributed by atoms with van der Waals surface area (Å²) in [5.41, 5.74) is 12.3. The predicted molar refractivity (Wildman–Crippen MR) is 282 cm³/mol. The zero-order valence-corrected chi connectivity index (χ0v) is 36.7. The van der Waals surface area contributed by atoms with Crippen molar-refractivity contribution < 1.29 is 4.42 Å². The van der Waals surface area contributed by atoms with Crippen LogP contribution < -0.4 is 0 Å². The van der Waals surface area contributed by atoms with Crippen molar-refractivity contribution >= 4 is 115 Å². The van der Waals surface area contributed by atoms with Gasteiger partial charge in [-0.05, 0) is 60.7 Å². The second-order valence-electron chi connectivity index (χ2n) is 17.8. The van der Waals surface area contributed by atoms with E-state index in [1.807, 2.05) is 30.3 Å². The Kier molecular flexibility index (Phi) is 7.51. The van der Waals surface area contributed by atoms with Gasteiger partial charge in [0.25, 0.3) is 0 Å². The van der Waals surface area contributed by atoms with Crippen LogP contribution in [0.15, 0.2) is 211 Å². The zero-order chi connectivity index (χ0) is 45.5. The lowest BCUT2D eigenvalue weighted by molar-refractivity contribution is 0.669. The molecule has 0 spiro atoms. The molecule has 0 saturated carbocycles. The molecule has 0 aliphatic heterocycles. The fourth-order valence-corrected chi connectivity index (χ4v) is 11.7. The molecule has 0 aliphatic carbocycles. The Morgan fingerprint density at radius 1 is 0.333 bits per heavy atom. The average molecular weight is 879 g/mol. The minimum atomic E-state index is 0.356. The molecule has 0 radical (unpaired) electrons. The molecule has 0 bridgehead atoms. The van der Waals surface area contributed by atoms with Crippen molar-refractivity contribution in [2.45, 2.75) is 0 Å². The predicted octanol–water partition coefficient (Wildman–Crippen LogP) is 16.4. The van der Waals surface area contributed by atoms with Gasteiger partial charge in [-0.1, -0.05) is 146 Å². The van der Waals surface area contributed by atoms with Gasteiger partial charge in [0.2, 0.25) is 5.69 Å². The summed E-state index contributed by atoms with van der Waals surface area (Å²) in [7, 11) is 0. The molecule has 5 heterocycles. The molecule has 5 aromatic heterocycles. The van der Waals surface area contributed by atoms with Crippen LogP contribution in [0.2, 0.25) is 0 Å². The van der Waals surface area contributed by atoms with Crippen LogP contribution in [0.25, 0.3) is 137 Å². The molecular formula is C62H34N6O. The summed E-state index contributed by atoms with van der Waals surface area (Å²) < 4.78 is 15.6. The normalized spacial score (nSPS) is 12.0. The summed E-state index contributed by atoms with van der Waals surface area (Å²) in [5.74, 6) is 0. The van der Waals surface area contributed by atoms with Crippen molar-refractivity contribution in [3.63, 3.8) is 0 Å². The van der Waals surface area contributed by atoms with E-state index in [0.29, 0.717) is 34.0 Å². The Morgan fingerprint density at radius 2 is 0.681 bits per heavy atom. The second-order valence-corrected chi connectivity index (χ2v) is 17.8. The van der Waals surface area contributed by atoms with E-state index in [0.717, 1.165) is 109 Å². The van der Waals surface area contributed by atoms with Gasteiger partial charge in [-0.25, -0.2) is 4.85 Å². The Balaban J connectivity index is 1.29. The van der Waals surface area contributed by atoms with Gasteiger partial charge in [-0.15, -0.1) is 0 Å². The maximum absolute atomic E-state index is 12.4. The zero-order valence-electron chi connectivity index (χ0n) is 36.7.